The first-order valence-electron chi connectivity index (χ1n) is 10.1. The van der Waals surface area contributed by atoms with E-state index in [9.17, 15) is 0 Å². The molecule has 1 aliphatic heterocycles. The van der Waals surface area contributed by atoms with Gasteiger partial charge >= 0.3 is 0 Å². The Morgan fingerprint density at radius 1 is 1.17 bits per heavy atom. The molecule has 0 saturated carbocycles. The molecule has 3 aromatic heterocycles. The quantitative estimate of drug-likeness (QED) is 0.492. The average Bonchev–Trinajstić information content (AvgIpc) is 3.33. The summed E-state index contributed by atoms with van der Waals surface area (Å²) in [5, 5.41) is 9.89. The zero-order valence-corrected chi connectivity index (χ0v) is 18.2. The van der Waals surface area contributed by atoms with E-state index < -0.39 is 0 Å². The SMILES string of the molecule is CCc1cc(N2CCC(Nc3nn4cc(-c5ccc(Cl)cc5)nc4s3)CC2)ncn1. The van der Waals surface area contributed by atoms with Crippen LogP contribution in [-0.4, -0.2) is 43.7 Å². The highest BCUT2D eigenvalue weighted by Gasteiger charge is 2.21. The van der Waals surface area contributed by atoms with E-state index >= 15 is 0 Å². The molecule has 0 amide bonds. The number of aromatic nitrogens is 5. The van der Waals surface area contributed by atoms with Crippen molar-refractivity contribution in [3.8, 4) is 11.3 Å². The van der Waals surface area contributed by atoms with Gasteiger partial charge in [-0.15, -0.1) is 5.10 Å². The van der Waals surface area contributed by atoms with Crippen LogP contribution in [0.2, 0.25) is 5.02 Å². The number of nitrogens with zero attached hydrogens (tertiary/aromatic N) is 6. The predicted octanol–water partition coefficient (Wildman–Crippen LogP) is 4.54. The third-order valence-electron chi connectivity index (χ3n) is 5.40. The third kappa shape index (κ3) is 3.97. The van der Waals surface area contributed by atoms with Crippen LogP contribution >= 0.6 is 22.9 Å². The smallest absolute Gasteiger partial charge is 0.214 e. The minimum Gasteiger partial charge on any atom is -0.357 e. The standard InChI is InChI=1S/C21H22ClN7S/c1-2-16-11-19(24-13-23-16)28-9-7-17(8-10-28)25-20-27-29-12-18(26-21(29)30-20)14-3-5-15(22)6-4-14/h3-6,11-13,17H,2,7-10H2,1H3,(H,25,27). The number of fused-ring (bicyclic) bond motifs is 1. The highest BCUT2D eigenvalue weighted by atomic mass is 35.5. The molecule has 7 nitrogen and oxygen atoms in total. The lowest BCUT2D eigenvalue weighted by Gasteiger charge is -2.33. The van der Waals surface area contributed by atoms with Crippen molar-refractivity contribution in [2.45, 2.75) is 32.2 Å². The average molecular weight is 440 g/mol. The van der Waals surface area contributed by atoms with E-state index in [1.807, 2.05) is 35.0 Å². The lowest BCUT2D eigenvalue weighted by atomic mass is 10.1. The van der Waals surface area contributed by atoms with Gasteiger partial charge in [-0.2, -0.15) is 0 Å². The van der Waals surface area contributed by atoms with Crippen LogP contribution in [-0.2, 0) is 6.42 Å². The zero-order chi connectivity index (χ0) is 20.5. The maximum atomic E-state index is 5.97. The summed E-state index contributed by atoms with van der Waals surface area (Å²) < 4.78 is 1.85. The Labute approximate surface area is 183 Å². The van der Waals surface area contributed by atoms with E-state index in [0.717, 1.165) is 70.2 Å². The summed E-state index contributed by atoms with van der Waals surface area (Å²) in [5.74, 6) is 1.03. The van der Waals surface area contributed by atoms with Gasteiger partial charge in [-0.3, -0.25) is 0 Å². The second kappa shape index (κ2) is 8.20. The normalized spacial score (nSPS) is 15.1. The van der Waals surface area contributed by atoms with Gasteiger partial charge in [0.25, 0.3) is 0 Å². The van der Waals surface area contributed by atoms with Gasteiger partial charge in [-0.05, 0) is 31.4 Å². The van der Waals surface area contributed by atoms with Crippen molar-refractivity contribution in [1.82, 2.24) is 24.6 Å². The van der Waals surface area contributed by atoms with Crippen molar-refractivity contribution in [3.05, 3.63) is 53.6 Å². The molecule has 0 radical (unpaired) electrons. The molecule has 0 atom stereocenters. The van der Waals surface area contributed by atoms with Crippen LogP contribution in [0.5, 0.6) is 0 Å². The van der Waals surface area contributed by atoms with Crippen molar-refractivity contribution < 1.29 is 0 Å². The molecule has 1 aliphatic rings. The molecular formula is C21H22ClN7S. The first-order valence-corrected chi connectivity index (χ1v) is 11.3. The number of anilines is 2. The number of hydrogen-bond acceptors (Lipinski definition) is 7. The molecule has 0 bridgehead atoms. The molecule has 0 spiro atoms. The fraction of sp³-hybridized carbons (Fsp3) is 0.333. The Morgan fingerprint density at radius 3 is 2.70 bits per heavy atom. The van der Waals surface area contributed by atoms with E-state index in [1.165, 1.54) is 0 Å². The fourth-order valence-corrected chi connectivity index (χ4v) is 4.68. The number of benzene rings is 1. The number of nitrogens with one attached hydrogen (secondary N) is 1. The summed E-state index contributed by atoms with van der Waals surface area (Å²) in [7, 11) is 0. The van der Waals surface area contributed by atoms with Crippen LogP contribution < -0.4 is 10.2 Å². The van der Waals surface area contributed by atoms with E-state index in [0.29, 0.717) is 6.04 Å². The number of rotatable bonds is 5. The predicted molar refractivity (Wildman–Crippen MR) is 122 cm³/mol. The molecule has 4 heterocycles. The number of piperidine rings is 1. The van der Waals surface area contributed by atoms with Gasteiger partial charge in [-0.1, -0.05) is 42.0 Å². The Hall–Kier alpha value is -2.71. The Bertz CT molecular complexity index is 1110. The second-order valence-electron chi connectivity index (χ2n) is 7.39. The largest absolute Gasteiger partial charge is 0.357 e. The molecule has 30 heavy (non-hydrogen) atoms. The number of halogens is 1. The van der Waals surface area contributed by atoms with Gasteiger partial charge in [0.15, 0.2) is 0 Å². The number of aryl methyl sites for hydroxylation is 1. The van der Waals surface area contributed by atoms with Gasteiger partial charge in [0.05, 0.1) is 11.9 Å². The second-order valence-corrected chi connectivity index (χ2v) is 8.79. The van der Waals surface area contributed by atoms with E-state index in [2.05, 4.69) is 38.3 Å². The summed E-state index contributed by atoms with van der Waals surface area (Å²) in [4.78, 5) is 16.7. The molecular weight excluding hydrogens is 418 g/mol. The van der Waals surface area contributed by atoms with E-state index in [-0.39, 0.29) is 0 Å². The summed E-state index contributed by atoms with van der Waals surface area (Å²) in [6.07, 6.45) is 6.65. The highest BCUT2D eigenvalue weighted by Crippen LogP contribution is 2.27. The topological polar surface area (TPSA) is 71.2 Å². The molecule has 4 aromatic rings. The van der Waals surface area contributed by atoms with Gasteiger partial charge in [0, 0.05) is 41.5 Å². The van der Waals surface area contributed by atoms with Crippen LogP contribution in [0.1, 0.15) is 25.5 Å². The number of hydrogen-bond donors (Lipinski definition) is 1. The van der Waals surface area contributed by atoms with Crippen molar-refractivity contribution in [2.75, 3.05) is 23.3 Å². The Morgan fingerprint density at radius 2 is 1.97 bits per heavy atom. The lowest BCUT2D eigenvalue weighted by molar-refractivity contribution is 0.522. The molecule has 9 heteroatoms. The molecule has 1 fully saturated rings. The summed E-state index contributed by atoms with van der Waals surface area (Å²) in [6, 6.07) is 10.2. The monoisotopic (exact) mass is 439 g/mol. The van der Waals surface area contributed by atoms with Gasteiger partial charge in [0.1, 0.15) is 12.1 Å². The third-order valence-corrected chi connectivity index (χ3v) is 6.51. The molecule has 1 aromatic carbocycles. The van der Waals surface area contributed by atoms with E-state index in [4.69, 9.17) is 16.6 Å². The maximum Gasteiger partial charge on any atom is 0.214 e. The molecule has 1 N–H and O–H groups in total. The Balaban J connectivity index is 1.22. The first-order chi connectivity index (χ1) is 14.7. The van der Waals surface area contributed by atoms with Gasteiger partial charge < -0.3 is 10.2 Å². The van der Waals surface area contributed by atoms with Crippen molar-refractivity contribution >= 4 is 38.8 Å². The highest BCUT2D eigenvalue weighted by molar-refractivity contribution is 7.20. The van der Waals surface area contributed by atoms with Crippen molar-refractivity contribution in [2.24, 2.45) is 0 Å². The van der Waals surface area contributed by atoms with Gasteiger partial charge in [0.2, 0.25) is 10.1 Å². The molecule has 0 unspecified atom stereocenters. The van der Waals surface area contributed by atoms with Crippen LogP contribution in [0.3, 0.4) is 0 Å². The summed E-state index contributed by atoms with van der Waals surface area (Å²) >= 11 is 7.56. The lowest BCUT2D eigenvalue weighted by Crippen LogP contribution is -2.39. The van der Waals surface area contributed by atoms with Crippen molar-refractivity contribution in [1.29, 1.82) is 0 Å². The van der Waals surface area contributed by atoms with Crippen LogP contribution in [0.15, 0.2) is 42.9 Å². The Kier molecular flexibility index (Phi) is 5.26. The molecule has 154 valence electrons. The summed E-state index contributed by atoms with van der Waals surface area (Å²) in [5.41, 5.74) is 3.03. The molecule has 0 aliphatic carbocycles. The first kappa shape index (κ1) is 19.3. The number of imidazole rings is 1. The van der Waals surface area contributed by atoms with Gasteiger partial charge in [-0.25, -0.2) is 19.5 Å². The minimum atomic E-state index is 0.403. The van der Waals surface area contributed by atoms with Crippen LogP contribution in [0.4, 0.5) is 10.9 Å². The molecule has 5 rings (SSSR count). The van der Waals surface area contributed by atoms with Crippen LogP contribution in [0, 0.1) is 0 Å². The fourth-order valence-electron chi connectivity index (χ4n) is 3.70. The minimum absolute atomic E-state index is 0.403. The van der Waals surface area contributed by atoms with Crippen molar-refractivity contribution in [3.63, 3.8) is 0 Å². The van der Waals surface area contributed by atoms with Crippen LogP contribution in [0.25, 0.3) is 16.2 Å². The summed E-state index contributed by atoms with van der Waals surface area (Å²) in [6.45, 7) is 4.06. The zero-order valence-electron chi connectivity index (χ0n) is 16.6. The molecule has 1 saturated heterocycles. The van der Waals surface area contributed by atoms with E-state index in [1.54, 1.807) is 17.7 Å². The maximum absolute atomic E-state index is 5.97.